The molecule has 0 saturated carbocycles. The van der Waals surface area contributed by atoms with E-state index in [1.807, 2.05) is 31.3 Å². The first-order valence-corrected chi connectivity index (χ1v) is 11.3. The van der Waals surface area contributed by atoms with Crippen molar-refractivity contribution in [3.63, 3.8) is 0 Å². The molecule has 2 heterocycles. The quantitative estimate of drug-likeness (QED) is 0.518. The SMILES string of the molecule is CC12CC(c3ccccc3O1)N(C[Si](C)(C)C)C(NC#N)=N2. The highest BCUT2D eigenvalue weighted by atomic mass is 28.3. The molecule has 3 rings (SSSR count). The average molecular weight is 314 g/mol. The number of para-hydroxylation sites is 1. The van der Waals surface area contributed by atoms with Crippen LogP contribution in [0.15, 0.2) is 29.3 Å². The monoisotopic (exact) mass is 314 g/mol. The van der Waals surface area contributed by atoms with E-state index in [-0.39, 0.29) is 6.04 Å². The Morgan fingerprint density at radius 1 is 1.45 bits per heavy atom. The highest BCUT2D eigenvalue weighted by molar-refractivity contribution is 6.76. The number of ether oxygens (including phenoxy) is 1. The first kappa shape index (κ1) is 14.9. The van der Waals surface area contributed by atoms with Crippen LogP contribution in [0.4, 0.5) is 0 Å². The lowest BCUT2D eigenvalue weighted by Crippen LogP contribution is -2.57. The van der Waals surface area contributed by atoms with Gasteiger partial charge in [0.25, 0.3) is 0 Å². The van der Waals surface area contributed by atoms with Crippen LogP contribution < -0.4 is 10.1 Å². The summed E-state index contributed by atoms with van der Waals surface area (Å²) in [6, 6.07) is 8.36. The Morgan fingerprint density at radius 3 is 2.86 bits per heavy atom. The fraction of sp³-hybridized carbons (Fsp3) is 0.500. The van der Waals surface area contributed by atoms with E-state index in [1.165, 1.54) is 5.56 Å². The number of fused-ring (bicyclic) bond motifs is 4. The molecule has 2 aliphatic heterocycles. The van der Waals surface area contributed by atoms with Crippen molar-refractivity contribution in [3.8, 4) is 11.9 Å². The van der Waals surface area contributed by atoms with Gasteiger partial charge in [-0.25, -0.2) is 4.99 Å². The molecule has 0 radical (unpaired) electrons. The van der Waals surface area contributed by atoms with Crippen LogP contribution in [0, 0.1) is 11.5 Å². The predicted octanol–water partition coefficient (Wildman–Crippen LogP) is 2.85. The Hall–Kier alpha value is -2.00. The van der Waals surface area contributed by atoms with Crippen molar-refractivity contribution in [2.24, 2.45) is 4.99 Å². The molecular weight excluding hydrogens is 292 g/mol. The second-order valence-corrected chi connectivity index (χ2v) is 12.8. The number of hydrogen-bond donors (Lipinski definition) is 1. The van der Waals surface area contributed by atoms with Crippen LogP contribution >= 0.6 is 0 Å². The van der Waals surface area contributed by atoms with Crippen molar-refractivity contribution >= 4 is 14.0 Å². The summed E-state index contributed by atoms with van der Waals surface area (Å²) in [6.45, 7) is 8.98. The minimum atomic E-state index is -1.36. The van der Waals surface area contributed by atoms with Crippen LogP contribution in [0.25, 0.3) is 0 Å². The van der Waals surface area contributed by atoms with Crippen LogP contribution in [-0.4, -0.2) is 30.8 Å². The van der Waals surface area contributed by atoms with Gasteiger partial charge in [-0.1, -0.05) is 37.8 Å². The third-order valence-electron chi connectivity index (χ3n) is 3.98. The molecular formula is C16H22N4OSi. The average Bonchev–Trinajstić information content (AvgIpc) is 2.41. The molecule has 116 valence electrons. The van der Waals surface area contributed by atoms with E-state index >= 15 is 0 Å². The van der Waals surface area contributed by atoms with Gasteiger partial charge in [-0.2, -0.15) is 5.26 Å². The Kier molecular flexibility index (Phi) is 3.41. The molecule has 2 aliphatic rings. The lowest BCUT2D eigenvalue weighted by Gasteiger charge is -2.48. The zero-order valence-electron chi connectivity index (χ0n) is 13.6. The molecule has 6 heteroatoms. The molecule has 1 aromatic rings. The lowest BCUT2D eigenvalue weighted by atomic mass is 9.91. The summed E-state index contributed by atoms with van der Waals surface area (Å²) < 4.78 is 6.09. The summed E-state index contributed by atoms with van der Waals surface area (Å²) in [4.78, 5) is 6.96. The van der Waals surface area contributed by atoms with Crippen molar-refractivity contribution in [1.29, 1.82) is 5.26 Å². The number of rotatable bonds is 2. The second-order valence-electron chi connectivity index (χ2n) is 7.40. The van der Waals surface area contributed by atoms with Crippen LogP contribution in [0.1, 0.15) is 24.9 Å². The van der Waals surface area contributed by atoms with Gasteiger partial charge < -0.3 is 9.64 Å². The van der Waals surface area contributed by atoms with Crippen LogP contribution in [0.5, 0.6) is 5.75 Å². The van der Waals surface area contributed by atoms with E-state index in [4.69, 9.17) is 15.0 Å². The Balaban J connectivity index is 2.08. The Bertz CT molecular complexity index is 661. The fourth-order valence-corrected chi connectivity index (χ4v) is 4.62. The van der Waals surface area contributed by atoms with Crippen molar-refractivity contribution in [1.82, 2.24) is 10.2 Å². The lowest BCUT2D eigenvalue weighted by molar-refractivity contribution is 0.0248. The van der Waals surface area contributed by atoms with Gasteiger partial charge in [0, 0.05) is 18.2 Å². The first-order chi connectivity index (χ1) is 10.3. The van der Waals surface area contributed by atoms with Crippen LogP contribution in [0.2, 0.25) is 19.6 Å². The van der Waals surface area contributed by atoms with Crippen molar-refractivity contribution in [2.45, 2.75) is 44.8 Å². The summed E-state index contributed by atoms with van der Waals surface area (Å²) >= 11 is 0. The normalized spacial score (nSPS) is 26.4. The van der Waals surface area contributed by atoms with Gasteiger partial charge in [0.2, 0.25) is 11.7 Å². The second kappa shape index (κ2) is 5.02. The van der Waals surface area contributed by atoms with Crippen LogP contribution in [-0.2, 0) is 0 Å². The van der Waals surface area contributed by atoms with Gasteiger partial charge in [-0.3, -0.25) is 5.32 Å². The maximum atomic E-state index is 9.08. The number of aliphatic imine (C=N–C) groups is 1. The summed E-state index contributed by atoms with van der Waals surface area (Å²) in [5.41, 5.74) is 0.582. The number of nitrogens with zero attached hydrogens (tertiary/aromatic N) is 3. The number of nitriles is 1. The molecule has 0 spiro atoms. The molecule has 0 amide bonds. The first-order valence-electron chi connectivity index (χ1n) is 7.61. The summed E-state index contributed by atoms with van der Waals surface area (Å²) in [7, 11) is -1.36. The molecule has 0 aromatic heterocycles. The van der Waals surface area contributed by atoms with E-state index in [2.05, 4.69) is 35.9 Å². The summed E-state index contributed by atoms with van der Waals surface area (Å²) in [6.07, 6.45) is 3.79. The van der Waals surface area contributed by atoms with Gasteiger partial charge in [0.05, 0.1) is 14.1 Å². The third-order valence-corrected chi connectivity index (χ3v) is 5.27. The Labute approximate surface area is 132 Å². The predicted molar refractivity (Wildman–Crippen MR) is 89.1 cm³/mol. The van der Waals surface area contributed by atoms with E-state index in [9.17, 15) is 0 Å². The molecule has 5 nitrogen and oxygen atoms in total. The van der Waals surface area contributed by atoms with Crippen molar-refractivity contribution in [2.75, 3.05) is 6.17 Å². The van der Waals surface area contributed by atoms with Gasteiger partial charge >= 0.3 is 0 Å². The zero-order valence-corrected chi connectivity index (χ0v) is 14.6. The molecule has 2 unspecified atom stereocenters. The topological polar surface area (TPSA) is 60.6 Å². The molecule has 0 aliphatic carbocycles. The van der Waals surface area contributed by atoms with Gasteiger partial charge in [0.15, 0.2) is 6.19 Å². The van der Waals surface area contributed by atoms with Crippen molar-refractivity contribution in [3.05, 3.63) is 29.8 Å². The van der Waals surface area contributed by atoms with E-state index in [0.717, 1.165) is 18.3 Å². The van der Waals surface area contributed by atoms with Gasteiger partial charge in [-0.15, -0.1) is 0 Å². The maximum absolute atomic E-state index is 9.08. The number of guanidine groups is 1. The fourth-order valence-electron chi connectivity index (χ4n) is 3.22. The molecule has 1 aromatic carbocycles. The van der Waals surface area contributed by atoms with Gasteiger partial charge in [-0.05, 0) is 13.0 Å². The van der Waals surface area contributed by atoms with E-state index in [1.54, 1.807) is 0 Å². The van der Waals surface area contributed by atoms with Gasteiger partial charge in [0.1, 0.15) is 5.75 Å². The molecule has 2 atom stereocenters. The zero-order chi connectivity index (χ0) is 16.0. The van der Waals surface area contributed by atoms with Crippen LogP contribution in [0.3, 0.4) is 0 Å². The highest BCUT2D eigenvalue weighted by Gasteiger charge is 2.45. The third kappa shape index (κ3) is 2.69. The highest BCUT2D eigenvalue weighted by Crippen LogP contribution is 2.46. The van der Waals surface area contributed by atoms with E-state index in [0.29, 0.717) is 5.96 Å². The molecule has 2 bridgehead atoms. The summed E-state index contributed by atoms with van der Waals surface area (Å²) in [5.74, 6) is 1.54. The minimum Gasteiger partial charge on any atom is -0.466 e. The number of nitrogens with one attached hydrogen (secondary N) is 1. The minimum absolute atomic E-state index is 0.204. The molecule has 22 heavy (non-hydrogen) atoms. The molecule has 0 saturated heterocycles. The standard InChI is InChI=1S/C16H22N4OSi/c1-16-9-13(12-7-5-6-8-14(12)21-16)20(11-22(2,3)4)15(19-16)18-10-17/h5-8,13H,9,11H2,1-4H3,(H,18,19). The summed E-state index contributed by atoms with van der Waals surface area (Å²) in [5, 5.41) is 11.8. The smallest absolute Gasteiger partial charge is 0.211 e. The molecule has 0 fully saturated rings. The maximum Gasteiger partial charge on any atom is 0.211 e. The largest absolute Gasteiger partial charge is 0.466 e. The molecule has 1 N–H and O–H groups in total. The number of benzene rings is 1. The van der Waals surface area contributed by atoms with E-state index < -0.39 is 13.8 Å². The Morgan fingerprint density at radius 2 is 2.18 bits per heavy atom. The number of hydrogen-bond acceptors (Lipinski definition) is 5. The van der Waals surface area contributed by atoms with Crippen molar-refractivity contribution < 1.29 is 4.74 Å².